The molecule has 1 amide bonds. The van der Waals surface area contributed by atoms with Gasteiger partial charge in [0.25, 0.3) is 0 Å². The molecule has 0 saturated heterocycles. The van der Waals surface area contributed by atoms with Crippen molar-refractivity contribution in [1.29, 1.82) is 0 Å². The van der Waals surface area contributed by atoms with Crippen molar-refractivity contribution < 1.29 is 19.2 Å². The molecule has 0 unspecified atom stereocenters. The Morgan fingerprint density at radius 1 is 1.05 bits per heavy atom. The molecule has 0 aliphatic carbocycles. The van der Waals surface area contributed by atoms with Gasteiger partial charge < -0.3 is 15.4 Å². The number of rotatable bonds is 6. The van der Waals surface area contributed by atoms with Crippen molar-refractivity contribution in [2.75, 3.05) is 6.54 Å². The minimum atomic E-state index is -1.95. The molecule has 38 heavy (non-hydrogen) atoms. The van der Waals surface area contributed by atoms with Crippen molar-refractivity contribution in [2.24, 2.45) is 4.99 Å². The molecule has 0 saturated carbocycles. The molecule has 3 aromatic carbocycles. The summed E-state index contributed by atoms with van der Waals surface area (Å²) < 4.78 is 16.0. The SMILES string of the molecule is CCNC(=O)C[C@@H]1N=C(c2ccc(Cl)cc2)c2cc(-c3ccc(F)c(B(O)O)c3)ccc2-n2c(C)nnc21. The van der Waals surface area contributed by atoms with Crippen LogP contribution < -0.4 is 10.8 Å². The van der Waals surface area contributed by atoms with Crippen LogP contribution >= 0.6 is 11.6 Å². The molecule has 5 rings (SSSR count). The smallest absolute Gasteiger partial charge is 0.423 e. The van der Waals surface area contributed by atoms with E-state index in [9.17, 15) is 19.2 Å². The Labute approximate surface area is 224 Å². The van der Waals surface area contributed by atoms with Crippen LogP contribution in [0.1, 0.15) is 42.2 Å². The van der Waals surface area contributed by atoms with Crippen LogP contribution in [-0.4, -0.2) is 50.1 Å². The molecule has 0 bridgehead atoms. The number of amides is 1. The lowest BCUT2D eigenvalue weighted by Crippen LogP contribution is -2.32. The van der Waals surface area contributed by atoms with Crippen LogP contribution in [0.5, 0.6) is 0 Å². The Morgan fingerprint density at radius 2 is 1.74 bits per heavy atom. The summed E-state index contributed by atoms with van der Waals surface area (Å²) in [6, 6.07) is 16.5. The number of aliphatic imine (C=N–C) groups is 1. The standard InChI is InChI=1S/C27H24BClFN5O3/c1-3-31-25(36)14-23-27-34-33-15(2)35(27)24-11-7-17(18-6-10-22(30)21(13-18)28(37)38)12-20(24)26(32-23)16-4-8-19(29)9-5-16/h4-13,23,37-38H,3,14H2,1-2H3,(H,31,36)/t23-/m0/s1. The van der Waals surface area contributed by atoms with Crippen LogP contribution in [0.25, 0.3) is 16.8 Å². The van der Waals surface area contributed by atoms with Crippen molar-refractivity contribution in [1.82, 2.24) is 20.1 Å². The van der Waals surface area contributed by atoms with Crippen molar-refractivity contribution >= 4 is 35.8 Å². The molecule has 11 heteroatoms. The van der Waals surface area contributed by atoms with E-state index in [0.29, 0.717) is 40.1 Å². The number of aryl methyl sites for hydroxylation is 1. The van der Waals surface area contributed by atoms with E-state index < -0.39 is 19.0 Å². The predicted octanol–water partition coefficient (Wildman–Crippen LogP) is 3.13. The molecule has 0 radical (unpaired) electrons. The molecule has 1 aliphatic rings. The molecule has 3 N–H and O–H groups in total. The number of nitrogens with zero attached hydrogens (tertiary/aromatic N) is 4. The minimum absolute atomic E-state index is 0.0830. The number of benzene rings is 3. The highest BCUT2D eigenvalue weighted by atomic mass is 35.5. The van der Waals surface area contributed by atoms with Gasteiger partial charge in [-0.3, -0.25) is 14.4 Å². The summed E-state index contributed by atoms with van der Waals surface area (Å²) in [4.78, 5) is 17.7. The maximum atomic E-state index is 14.2. The lowest BCUT2D eigenvalue weighted by Gasteiger charge is -2.15. The second-order valence-electron chi connectivity index (χ2n) is 8.94. The summed E-state index contributed by atoms with van der Waals surface area (Å²) in [5, 5.41) is 31.3. The Balaban J connectivity index is 1.74. The molecule has 0 fully saturated rings. The molecule has 1 aliphatic heterocycles. The first kappa shape index (κ1) is 25.8. The third-order valence-electron chi connectivity index (χ3n) is 6.40. The fourth-order valence-corrected chi connectivity index (χ4v) is 4.74. The maximum absolute atomic E-state index is 14.2. The third kappa shape index (κ3) is 4.85. The van der Waals surface area contributed by atoms with Crippen LogP contribution in [-0.2, 0) is 4.79 Å². The van der Waals surface area contributed by atoms with Crippen molar-refractivity contribution in [3.05, 3.63) is 94.3 Å². The van der Waals surface area contributed by atoms with Crippen LogP contribution in [0.2, 0.25) is 5.02 Å². The number of nitrogens with one attached hydrogen (secondary N) is 1. The van der Waals surface area contributed by atoms with Gasteiger partial charge in [-0.15, -0.1) is 10.2 Å². The Bertz CT molecular complexity index is 1560. The van der Waals surface area contributed by atoms with Crippen molar-refractivity contribution in [2.45, 2.75) is 26.3 Å². The molecule has 2 heterocycles. The summed E-state index contributed by atoms with van der Waals surface area (Å²) in [5.74, 6) is 0.311. The lowest BCUT2D eigenvalue weighted by atomic mass is 9.78. The van der Waals surface area contributed by atoms with Crippen LogP contribution in [0, 0.1) is 12.7 Å². The monoisotopic (exact) mass is 531 g/mol. The number of hydrogen-bond acceptors (Lipinski definition) is 6. The second kappa shape index (κ2) is 10.5. The Hall–Kier alpha value is -3.86. The predicted molar refractivity (Wildman–Crippen MR) is 144 cm³/mol. The molecule has 1 aromatic heterocycles. The molecular weight excluding hydrogens is 508 g/mol. The number of aromatic nitrogens is 3. The average molecular weight is 532 g/mol. The van der Waals surface area contributed by atoms with E-state index in [1.165, 1.54) is 12.1 Å². The van der Waals surface area contributed by atoms with Gasteiger partial charge in [0.05, 0.1) is 17.8 Å². The number of fused-ring (bicyclic) bond motifs is 3. The van der Waals surface area contributed by atoms with E-state index >= 15 is 0 Å². The fraction of sp³-hybridized carbons (Fsp3) is 0.185. The van der Waals surface area contributed by atoms with Gasteiger partial charge in [0.2, 0.25) is 5.91 Å². The summed E-state index contributed by atoms with van der Waals surface area (Å²) in [7, 11) is -1.95. The zero-order valence-electron chi connectivity index (χ0n) is 20.7. The second-order valence-corrected chi connectivity index (χ2v) is 9.38. The fourth-order valence-electron chi connectivity index (χ4n) is 4.62. The van der Waals surface area contributed by atoms with Gasteiger partial charge >= 0.3 is 7.12 Å². The first-order chi connectivity index (χ1) is 18.3. The molecule has 192 valence electrons. The van der Waals surface area contributed by atoms with Crippen LogP contribution in [0.4, 0.5) is 4.39 Å². The van der Waals surface area contributed by atoms with Gasteiger partial charge in [-0.1, -0.05) is 41.9 Å². The highest BCUT2D eigenvalue weighted by Gasteiger charge is 2.30. The summed E-state index contributed by atoms with van der Waals surface area (Å²) >= 11 is 6.16. The Kier molecular flexibility index (Phi) is 7.12. The highest BCUT2D eigenvalue weighted by Crippen LogP contribution is 2.35. The van der Waals surface area contributed by atoms with Gasteiger partial charge in [0.15, 0.2) is 5.82 Å². The van der Waals surface area contributed by atoms with Gasteiger partial charge in [0.1, 0.15) is 17.7 Å². The number of halogens is 2. The van der Waals surface area contributed by atoms with Crippen molar-refractivity contribution in [3.8, 4) is 16.8 Å². The van der Waals surface area contributed by atoms with E-state index in [-0.39, 0.29) is 17.8 Å². The third-order valence-corrected chi connectivity index (χ3v) is 6.66. The van der Waals surface area contributed by atoms with Crippen LogP contribution in [0.3, 0.4) is 0 Å². The quantitative estimate of drug-likeness (QED) is 0.331. The highest BCUT2D eigenvalue weighted by molar-refractivity contribution is 6.58. The molecule has 1 atom stereocenters. The molecule has 0 spiro atoms. The zero-order valence-corrected chi connectivity index (χ0v) is 21.4. The van der Waals surface area contributed by atoms with E-state index in [1.54, 1.807) is 18.2 Å². The van der Waals surface area contributed by atoms with Gasteiger partial charge in [-0.2, -0.15) is 0 Å². The maximum Gasteiger partial charge on any atom is 0.491 e. The largest absolute Gasteiger partial charge is 0.491 e. The minimum Gasteiger partial charge on any atom is -0.423 e. The first-order valence-electron chi connectivity index (χ1n) is 12.1. The van der Waals surface area contributed by atoms with Crippen LogP contribution in [0.15, 0.2) is 65.7 Å². The normalized spacial score (nSPS) is 14.3. The van der Waals surface area contributed by atoms with E-state index in [1.807, 2.05) is 48.7 Å². The summed E-state index contributed by atoms with van der Waals surface area (Å²) in [6.07, 6.45) is 0.0830. The van der Waals surface area contributed by atoms with E-state index in [0.717, 1.165) is 16.8 Å². The van der Waals surface area contributed by atoms with Gasteiger partial charge in [0, 0.05) is 28.2 Å². The van der Waals surface area contributed by atoms with Gasteiger partial charge in [-0.25, -0.2) is 4.39 Å². The summed E-state index contributed by atoms with van der Waals surface area (Å²) in [5.41, 5.74) is 4.00. The topological polar surface area (TPSA) is 113 Å². The number of hydrogen-bond donors (Lipinski definition) is 3. The summed E-state index contributed by atoms with van der Waals surface area (Å²) in [6.45, 7) is 4.18. The molecule has 8 nitrogen and oxygen atoms in total. The lowest BCUT2D eigenvalue weighted by molar-refractivity contribution is -0.121. The number of carbonyl (C=O) groups is 1. The molecule has 4 aromatic rings. The van der Waals surface area contributed by atoms with Gasteiger partial charge in [-0.05, 0) is 55.3 Å². The average Bonchev–Trinajstić information content (AvgIpc) is 3.22. The molecular formula is C27H24BClFN5O3. The van der Waals surface area contributed by atoms with Crippen molar-refractivity contribution in [3.63, 3.8) is 0 Å². The first-order valence-corrected chi connectivity index (χ1v) is 12.5. The Morgan fingerprint density at radius 3 is 2.45 bits per heavy atom. The number of carbonyl (C=O) groups excluding carboxylic acids is 1. The van der Waals surface area contributed by atoms with E-state index in [2.05, 4.69) is 15.5 Å². The zero-order chi connectivity index (χ0) is 27.0. The van der Waals surface area contributed by atoms with E-state index in [4.69, 9.17) is 16.6 Å².